The van der Waals surface area contributed by atoms with Crippen LogP contribution in [-0.2, 0) is 6.42 Å². The molecule has 1 aliphatic rings. The van der Waals surface area contributed by atoms with Crippen molar-refractivity contribution < 1.29 is 9.59 Å². The number of anilines is 2. The quantitative estimate of drug-likeness (QED) is 0.358. The van der Waals surface area contributed by atoms with Gasteiger partial charge in [0.2, 0.25) is 0 Å². The lowest BCUT2D eigenvalue weighted by molar-refractivity contribution is 0.0952. The third kappa shape index (κ3) is 6.92. The summed E-state index contributed by atoms with van der Waals surface area (Å²) < 4.78 is 0. The van der Waals surface area contributed by atoms with Gasteiger partial charge in [0.05, 0.1) is 11.4 Å². The van der Waals surface area contributed by atoms with Gasteiger partial charge in [-0.1, -0.05) is 46.9 Å². The summed E-state index contributed by atoms with van der Waals surface area (Å²) in [6, 6.07) is 17.5. The molecule has 1 saturated heterocycles. The van der Waals surface area contributed by atoms with Gasteiger partial charge in [-0.05, 0) is 73.5 Å². The highest BCUT2D eigenvalue weighted by molar-refractivity contribution is 6.35. The first-order valence-electron chi connectivity index (χ1n) is 11.8. The predicted molar refractivity (Wildman–Crippen MR) is 148 cm³/mol. The van der Waals surface area contributed by atoms with Crippen molar-refractivity contribution in [2.45, 2.75) is 12.8 Å². The molecule has 3 aromatic carbocycles. The first-order valence-corrected chi connectivity index (χ1v) is 12.9. The van der Waals surface area contributed by atoms with Crippen molar-refractivity contribution in [2.75, 3.05) is 42.9 Å². The minimum Gasteiger partial charge on any atom is -0.369 e. The molecule has 0 aliphatic carbocycles. The summed E-state index contributed by atoms with van der Waals surface area (Å²) in [7, 11) is 0. The Morgan fingerprint density at radius 2 is 1.67 bits per heavy atom. The van der Waals surface area contributed by atoms with Crippen molar-refractivity contribution in [3.8, 4) is 0 Å². The molecule has 1 aliphatic heterocycles. The first-order chi connectivity index (χ1) is 17.4. The number of hydrogen-bond acceptors (Lipinski definition) is 4. The zero-order valence-electron chi connectivity index (χ0n) is 19.6. The molecule has 0 atom stereocenters. The molecule has 0 unspecified atom stereocenters. The molecule has 0 saturated carbocycles. The van der Waals surface area contributed by atoms with Crippen LogP contribution in [0.5, 0.6) is 0 Å². The van der Waals surface area contributed by atoms with Crippen molar-refractivity contribution in [1.82, 2.24) is 10.6 Å². The second-order valence-electron chi connectivity index (χ2n) is 8.53. The van der Waals surface area contributed by atoms with Crippen LogP contribution in [0, 0.1) is 0 Å². The van der Waals surface area contributed by atoms with Crippen LogP contribution in [0.3, 0.4) is 0 Å². The van der Waals surface area contributed by atoms with Gasteiger partial charge in [0, 0.05) is 52.4 Å². The minimum absolute atomic E-state index is 0.234. The van der Waals surface area contributed by atoms with E-state index in [2.05, 4.69) is 20.9 Å². The Kier molecular flexibility index (Phi) is 9.10. The number of amides is 2. The monoisotopic (exact) mass is 544 g/mol. The van der Waals surface area contributed by atoms with Crippen molar-refractivity contribution in [3.63, 3.8) is 0 Å². The van der Waals surface area contributed by atoms with Crippen molar-refractivity contribution >= 4 is 58.0 Å². The average molecular weight is 546 g/mol. The van der Waals surface area contributed by atoms with E-state index in [1.54, 1.807) is 48.5 Å². The normalized spacial score (nSPS) is 13.7. The molecule has 2 amide bonds. The first kappa shape index (κ1) is 26.3. The van der Waals surface area contributed by atoms with E-state index in [1.807, 2.05) is 12.1 Å². The zero-order chi connectivity index (χ0) is 25.5. The van der Waals surface area contributed by atoms with Crippen LogP contribution < -0.4 is 20.9 Å². The molecule has 0 aromatic heterocycles. The molecular weight excluding hydrogens is 519 g/mol. The summed E-state index contributed by atoms with van der Waals surface area (Å²) in [5.41, 5.74) is 3.26. The van der Waals surface area contributed by atoms with E-state index in [0.717, 1.165) is 43.9 Å². The van der Waals surface area contributed by atoms with Crippen LogP contribution in [-0.4, -0.2) is 44.5 Å². The molecular formula is C27H27Cl3N4O2. The number of rotatable bonds is 7. The molecule has 188 valence electrons. The molecule has 0 radical (unpaired) electrons. The van der Waals surface area contributed by atoms with Crippen molar-refractivity contribution in [2.24, 2.45) is 0 Å². The van der Waals surface area contributed by atoms with E-state index in [-0.39, 0.29) is 11.8 Å². The number of nitrogens with zero attached hydrogens (tertiary/aromatic N) is 1. The van der Waals surface area contributed by atoms with Crippen LogP contribution in [0.4, 0.5) is 11.4 Å². The molecule has 1 fully saturated rings. The van der Waals surface area contributed by atoms with E-state index in [0.29, 0.717) is 44.8 Å². The van der Waals surface area contributed by atoms with Gasteiger partial charge in [0.15, 0.2) is 0 Å². The third-order valence-electron chi connectivity index (χ3n) is 5.97. The smallest absolute Gasteiger partial charge is 0.255 e. The third-order valence-corrected chi connectivity index (χ3v) is 6.79. The Bertz CT molecular complexity index is 1240. The van der Waals surface area contributed by atoms with E-state index in [4.69, 9.17) is 34.8 Å². The molecule has 3 N–H and O–H groups in total. The van der Waals surface area contributed by atoms with Gasteiger partial charge in [-0.25, -0.2) is 0 Å². The molecule has 4 rings (SSSR count). The second kappa shape index (κ2) is 12.5. The second-order valence-corrected chi connectivity index (χ2v) is 9.81. The van der Waals surface area contributed by atoms with E-state index in [1.165, 1.54) is 0 Å². The number of nitrogens with one attached hydrogen (secondary N) is 3. The lowest BCUT2D eigenvalue weighted by Crippen LogP contribution is -2.30. The van der Waals surface area contributed by atoms with Gasteiger partial charge < -0.3 is 20.9 Å². The van der Waals surface area contributed by atoms with E-state index in [9.17, 15) is 9.59 Å². The molecule has 1 heterocycles. The number of carbonyl (C=O) groups is 2. The van der Waals surface area contributed by atoms with Gasteiger partial charge in [-0.3, -0.25) is 9.59 Å². The van der Waals surface area contributed by atoms with Gasteiger partial charge in [-0.15, -0.1) is 0 Å². The maximum atomic E-state index is 13.0. The molecule has 6 nitrogen and oxygen atoms in total. The van der Waals surface area contributed by atoms with Crippen LogP contribution in [0.1, 0.15) is 32.7 Å². The molecule has 36 heavy (non-hydrogen) atoms. The topological polar surface area (TPSA) is 73.5 Å². The Labute approximate surface area is 225 Å². The molecule has 0 spiro atoms. The number of benzene rings is 3. The summed E-state index contributed by atoms with van der Waals surface area (Å²) in [5.74, 6) is -0.524. The van der Waals surface area contributed by atoms with Gasteiger partial charge in [-0.2, -0.15) is 0 Å². The van der Waals surface area contributed by atoms with Gasteiger partial charge in [0.25, 0.3) is 11.8 Å². The minimum atomic E-state index is -0.290. The van der Waals surface area contributed by atoms with Crippen LogP contribution in [0.2, 0.25) is 15.1 Å². The van der Waals surface area contributed by atoms with Crippen LogP contribution in [0.15, 0.2) is 60.7 Å². The van der Waals surface area contributed by atoms with E-state index >= 15 is 0 Å². The highest BCUT2D eigenvalue weighted by Gasteiger charge is 2.18. The average Bonchev–Trinajstić information content (AvgIpc) is 3.15. The van der Waals surface area contributed by atoms with Gasteiger partial charge in [0.1, 0.15) is 0 Å². The largest absolute Gasteiger partial charge is 0.369 e. The Hall–Kier alpha value is -2.77. The predicted octanol–water partition coefficient (Wildman–Crippen LogP) is 5.67. The SMILES string of the molecule is O=C(NCCc1ccc(Cl)cc1Cl)c1ccc(N2CCCNCC2)c(NC(=O)c2cccc(Cl)c2)c1. The summed E-state index contributed by atoms with van der Waals surface area (Å²) in [5, 5.41) is 10.9. The number of hydrogen-bond donors (Lipinski definition) is 3. The Morgan fingerprint density at radius 1 is 0.861 bits per heavy atom. The summed E-state index contributed by atoms with van der Waals surface area (Å²) >= 11 is 18.3. The maximum Gasteiger partial charge on any atom is 0.255 e. The van der Waals surface area contributed by atoms with Crippen LogP contribution in [0.25, 0.3) is 0 Å². The fourth-order valence-electron chi connectivity index (χ4n) is 4.10. The van der Waals surface area contributed by atoms with Crippen molar-refractivity contribution in [3.05, 3.63) is 92.4 Å². The summed E-state index contributed by atoms with van der Waals surface area (Å²) in [6.07, 6.45) is 1.55. The van der Waals surface area contributed by atoms with Crippen LogP contribution >= 0.6 is 34.8 Å². The number of halogens is 3. The number of carbonyl (C=O) groups excluding carboxylic acids is 2. The fraction of sp³-hybridized carbons (Fsp3) is 0.259. The van der Waals surface area contributed by atoms with Gasteiger partial charge >= 0.3 is 0 Å². The van der Waals surface area contributed by atoms with E-state index < -0.39 is 0 Å². The lowest BCUT2D eigenvalue weighted by Gasteiger charge is -2.26. The zero-order valence-corrected chi connectivity index (χ0v) is 21.9. The highest BCUT2D eigenvalue weighted by atomic mass is 35.5. The fourth-order valence-corrected chi connectivity index (χ4v) is 4.79. The molecule has 0 bridgehead atoms. The maximum absolute atomic E-state index is 13.0. The van der Waals surface area contributed by atoms with Crippen molar-refractivity contribution in [1.29, 1.82) is 0 Å². The summed E-state index contributed by atoms with van der Waals surface area (Å²) in [4.78, 5) is 28.2. The highest BCUT2D eigenvalue weighted by Crippen LogP contribution is 2.29. The summed E-state index contributed by atoms with van der Waals surface area (Å²) in [6.45, 7) is 3.84. The molecule has 3 aromatic rings. The Balaban J connectivity index is 1.52. The standard InChI is InChI=1S/C27H27Cl3N4O2/c28-21-4-1-3-19(15-21)27(36)33-24-16-20(6-8-25(24)34-13-2-10-31-12-14-34)26(35)32-11-9-18-5-7-22(29)17-23(18)30/h1,3-8,15-17,31H,2,9-14H2,(H,32,35)(H,33,36). The lowest BCUT2D eigenvalue weighted by atomic mass is 10.1. The molecule has 9 heteroatoms. The Morgan fingerprint density at radius 3 is 2.47 bits per heavy atom.